The molecule has 3 fully saturated rings. The molecule has 0 radical (unpaired) electrons. The number of hydrogen-bond acceptors (Lipinski definition) is 14. The van der Waals surface area contributed by atoms with Gasteiger partial charge in [-0.15, -0.1) is 0 Å². The molecule has 16 nitrogen and oxygen atoms in total. The van der Waals surface area contributed by atoms with Gasteiger partial charge >= 0.3 is 0 Å². The Bertz CT molecular complexity index is 2210. The van der Waals surface area contributed by atoms with E-state index in [4.69, 9.17) is 21.4 Å². The highest BCUT2D eigenvalue weighted by Crippen LogP contribution is 2.52. The van der Waals surface area contributed by atoms with Crippen LogP contribution in [-0.2, 0) is 22.7 Å². The first-order valence-electron chi connectivity index (χ1n) is 19.6. The third kappa shape index (κ3) is 6.46. The molecule has 296 valence electrons. The van der Waals surface area contributed by atoms with E-state index in [0.717, 1.165) is 79.3 Å². The van der Waals surface area contributed by atoms with Crippen molar-refractivity contribution in [1.82, 2.24) is 35.3 Å². The van der Waals surface area contributed by atoms with Crippen LogP contribution < -0.4 is 31.9 Å². The molecule has 6 heterocycles. The van der Waals surface area contributed by atoms with Gasteiger partial charge in [-0.2, -0.15) is 0 Å². The Morgan fingerprint density at radius 1 is 1.05 bits per heavy atom. The molecule has 0 spiro atoms. The van der Waals surface area contributed by atoms with Crippen LogP contribution in [0.4, 0.5) is 11.6 Å². The van der Waals surface area contributed by atoms with Gasteiger partial charge in [0, 0.05) is 94.5 Å². The number of anilines is 2. The van der Waals surface area contributed by atoms with E-state index in [0.29, 0.717) is 54.2 Å². The number of imide groups is 1. The number of fused-ring (bicyclic) bond motifs is 4. The molecular weight excluding hydrogens is 727 g/mol. The largest absolute Gasteiger partial charge is 0.507 e. The summed E-state index contributed by atoms with van der Waals surface area (Å²) in [5.74, 6) is 1.80. The lowest BCUT2D eigenvalue weighted by atomic mass is 10.0. The fourth-order valence-corrected chi connectivity index (χ4v) is 9.51. The Morgan fingerprint density at radius 3 is 2.61 bits per heavy atom. The molecule has 3 amide bonds. The van der Waals surface area contributed by atoms with Gasteiger partial charge in [0.05, 0.1) is 35.1 Å². The molecule has 2 aromatic carbocycles. The zero-order valence-corrected chi connectivity index (χ0v) is 31.8. The predicted octanol–water partition coefficient (Wildman–Crippen LogP) is 0.791. The summed E-state index contributed by atoms with van der Waals surface area (Å²) >= 11 is 0. The van der Waals surface area contributed by atoms with Crippen molar-refractivity contribution in [3.63, 3.8) is 0 Å². The Labute approximate surface area is 330 Å². The minimum Gasteiger partial charge on any atom is -0.507 e. The average molecular weight is 774 g/mol. The highest BCUT2D eigenvalue weighted by Gasteiger charge is 2.56. The fraction of sp³-hybridized carbons (Fsp3) is 0.415. The van der Waals surface area contributed by atoms with Crippen molar-refractivity contribution >= 4 is 41.3 Å². The summed E-state index contributed by atoms with van der Waals surface area (Å²) in [5.41, 5.74) is 18.0. The van der Waals surface area contributed by atoms with Gasteiger partial charge in [0.1, 0.15) is 23.9 Å². The molecule has 7 N–H and O–H groups in total. The van der Waals surface area contributed by atoms with E-state index >= 15 is 0 Å². The van der Waals surface area contributed by atoms with E-state index in [1.807, 2.05) is 24.4 Å². The van der Waals surface area contributed by atoms with Gasteiger partial charge in [0.2, 0.25) is 11.9 Å². The van der Waals surface area contributed by atoms with Gasteiger partial charge in [-0.05, 0) is 60.6 Å². The highest BCUT2D eigenvalue weighted by molar-refractivity contribution is 6.23. The second kappa shape index (κ2) is 14.4. The monoisotopic (exact) mass is 773 g/mol. The summed E-state index contributed by atoms with van der Waals surface area (Å²) in [4.78, 5) is 70.5. The fourth-order valence-electron chi connectivity index (χ4n) is 9.51. The number of benzene rings is 2. The van der Waals surface area contributed by atoms with Crippen LogP contribution >= 0.6 is 0 Å². The number of carbonyl (C=O) groups is 4. The van der Waals surface area contributed by atoms with Crippen LogP contribution in [0.15, 0.2) is 66.3 Å². The molecule has 0 bridgehead atoms. The molecule has 4 unspecified atom stereocenters. The van der Waals surface area contributed by atoms with E-state index in [1.54, 1.807) is 30.3 Å². The van der Waals surface area contributed by atoms with Gasteiger partial charge < -0.3 is 46.7 Å². The van der Waals surface area contributed by atoms with Crippen LogP contribution in [0, 0.1) is 17.8 Å². The van der Waals surface area contributed by atoms with Crippen molar-refractivity contribution in [2.24, 2.45) is 29.2 Å². The first-order valence-corrected chi connectivity index (χ1v) is 19.6. The molecule has 6 aliphatic rings. The number of likely N-dealkylation sites (N-methyl/N-ethyl adjacent to an activating group) is 1. The molecule has 57 heavy (non-hydrogen) atoms. The van der Waals surface area contributed by atoms with Crippen LogP contribution in [0.2, 0.25) is 0 Å². The topological polar surface area (TPSA) is 207 Å². The molecular formula is C41H47N11O5. The first-order chi connectivity index (χ1) is 27.6. The lowest BCUT2D eigenvalue weighted by molar-refractivity contribution is -0.124. The van der Waals surface area contributed by atoms with E-state index in [2.05, 4.69) is 30.2 Å². The second-order valence-corrected chi connectivity index (χ2v) is 15.9. The van der Waals surface area contributed by atoms with E-state index < -0.39 is 23.8 Å². The summed E-state index contributed by atoms with van der Waals surface area (Å²) in [5, 5.41) is 16.2. The van der Waals surface area contributed by atoms with E-state index in [1.165, 1.54) is 7.05 Å². The number of aldehydes is 1. The molecule has 1 saturated carbocycles. The molecule has 9 rings (SSSR count). The number of piperidine rings is 1. The molecule has 4 atom stereocenters. The third-order valence-electron chi connectivity index (χ3n) is 12.6. The Balaban J connectivity index is 0.795. The number of hydrogen-bond donors (Lipinski definition) is 5. The number of piperazine rings is 1. The maximum absolute atomic E-state index is 13.5. The number of amides is 3. The minimum absolute atomic E-state index is 0.0524. The number of rotatable bonds is 11. The van der Waals surface area contributed by atoms with Gasteiger partial charge in [-0.3, -0.25) is 24.2 Å². The van der Waals surface area contributed by atoms with Crippen molar-refractivity contribution in [2.75, 3.05) is 62.7 Å². The maximum Gasteiger partial charge on any atom is 0.262 e. The molecule has 1 aliphatic carbocycles. The summed E-state index contributed by atoms with van der Waals surface area (Å²) in [7, 11) is 1.44. The minimum atomic E-state index is -1.06. The lowest BCUT2D eigenvalue weighted by Gasteiger charge is -2.46. The van der Waals surface area contributed by atoms with Crippen LogP contribution in [0.25, 0.3) is 5.70 Å². The van der Waals surface area contributed by atoms with Crippen molar-refractivity contribution < 1.29 is 24.3 Å². The number of aromatic nitrogens is 2. The van der Waals surface area contributed by atoms with Gasteiger partial charge in [0.25, 0.3) is 11.8 Å². The predicted molar refractivity (Wildman–Crippen MR) is 211 cm³/mol. The summed E-state index contributed by atoms with van der Waals surface area (Å²) in [6, 6.07) is 11.4. The average Bonchev–Trinajstić information content (AvgIpc) is 3.55. The van der Waals surface area contributed by atoms with Crippen LogP contribution in [0.5, 0.6) is 5.75 Å². The number of nitrogens with two attached hydrogens (primary N) is 2. The smallest absolute Gasteiger partial charge is 0.262 e. The number of carbonyl (C=O) groups excluding carboxylic acids is 4. The van der Waals surface area contributed by atoms with Crippen LogP contribution in [0.1, 0.15) is 50.4 Å². The third-order valence-corrected chi connectivity index (χ3v) is 12.6. The zero-order chi connectivity index (χ0) is 39.5. The van der Waals surface area contributed by atoms with E-state index in [9.17, 15) is 24.3 Å². The van der Waals surface area contributed by atoms with Crippen molar-refractivity contribution in [3.8, 4) is 5.75 Å². The summed E-state index contributed by atoms with van der Waals surface area (Å²) in [6.07, 6.45) is 4.57. The molecule has 1 aromatic heterocycles. The van der Waals surface area contributed by atoms with Gasteiger partial charge in [-0.1, -0.05) is 12.1 Å². The normalized spacial score (nSPS) is 24.5. The number of phenols is 1. The Morgan fingerprint density at radius 2 is 1.84 bits per heavy atom. The number of nitrogens with one attached hydrogen (secondary N) is 2. The van der Waals surface area contributed by atoms with Crippen LogP contribution in [0.3, 0.4) is 0 Å². The quantitative estimate of drug-likeness (QED) is 0.135. The standard InChI is InChI=1S/C41H47N11O5/c1-44-38(55)34(6-4-12-53)52-39(56)26-9-8-24(13-28(26)40(52)57)49-17-23-15-46-41(47-33(23)22-49)50-20-30-29(31(30)21-50)19-48-10-11-51-25(18-48)16-45-37(43)35(51)14-32(42)27-5-2-3-7-36(27)54/h2-3,5,7-9,12-15,25,29-31,34,45,54H,4,6,10-11,16-22,42-43H2,1H3,(H,44,55)/b32-14-. The summed E-state index contributed by atoms with van der Waals surface area (Å²) in [6.45, 7) is 7.53. The molecule has 2 saturated heterocycles. The second-order valence-electron chi connectivity index (χ2n) is 15.9. The molecule has 5 aliphatic heterocycles. The first kappa shape index (κ1) is 36.5. The van der Waals surface area contributed by atoms with Crippen molar-refractivity contribution in [3.05, 3.63) is 94.2 Å². The Kier molecular flexibility index (Phi) is 9.22. The van der Waals surface area contributed by atoms with E-state index in [-0.39, 0.29) is 35.8 Å². The summed E-state index contributed by atoms with van der Waals surface area (Å²) < 4.78 is 0. The molecule has 3 aromatic rings. The van der Waals surface area contributed by atoms with Crippen LogP contribution in [-0.4, -0.2) is 119 Å². The number of para-hydroxylation sites is 1. The highest BCUT2D eigenvalue weighted by atomic mass is 16.3. The SMILES string of the molecule is CNC(=O)C(CCC=O)N1C(=O)c2ccc(N3Cc4cnc(N5CC6C(CN7CCN8C(/C=C(\N)c9ccccc9O)=C(N)NCC8C7)C6C5)nc4C3)cc2C1=O. The van der Waals surface area contributed by atoms with Crippen molar-refractivity contribution in [1.29, 1.82) is 0 Å². The van der Waals surface area contributed by atoms with Crippen molar-refractivity contribution in [2.45, 2.75) is 38.0 Å². The number of phenolic OH excluding ortho intramolecular Hbond substituents is 1. The number of allylic oxidation sites excluding steroid dienone is 1. The number of nitrogens with zero attached hydrogens (tertiary/aromatic N) is 7. The zero-order valence-electron chi connectivity index (χ0n) is 31.8. The Hall–Kier alpha value is -6.16. The maximum atomic E-state index is 13.5. The lowest BCUT2D eigenvalue weighted by Crippen LogP contribution is -2.59. The molecule has 16 heteroatoms. The van der Waals surface area contributed by atoms with Gasteiger partial charge in [0.15, 0.2) is 0 Å². The number of aromatic hydroxyl groups is 1. The van der Waals surface area contributed by atoms with Gasteiger partial charge in [-0.25, -0.2) is 9.97 Å².